The third-order valence-electron chi connectivity index (χ3n) is 7.26. The number of aryl methyl sites for hydroxylation is 3. The molecular formula is C32H39Cl2N3O4S. The lowest BCUT2D eigenvalue weighted by Gasteiger charge is -2.34. The first-order chi connectivity index (χ1) is 19.8. The molecule has 42 heavy (non-hydrogen) atoms. The van der Waals surface area contributed by atoms with Crippen molar-refractivity contribution in [3.8, 4) is 0 Å². The van der Waals surface area contributed by atoms with Crippen molar-refractivity contribution >= 4 is 50.7 Å². The van der Waals surface area contributed by atoms with Crippen LogP contribution < -0.4 is 9.62 Å². The molecule has 0 heterocycles. The van der Waals surface area contributed by atoms with Crippen molar-refractivity contribution in [3.63, 3.8) is 0 Å². The highest BCUT2D eigenvalue weighted by Gasteiger charge is 2.34. The largest absolute Gasteiger partial charge is 0.352 e. The Labute approximate surface area is 259 Å². The van der Waals surface area contributed by atoms with Gasteiger partial charge < -0.3 is 10.2 Å². The van der Waals surface area contributed by atoms with Gasteiger partial charge in [0.25, 0.3) is 10.0 Å². The highest BCUT2D eigenvalue weighted by atomic mass is 35.5. The quantitative estimate of drug-likeness (QED) is 0.237. The molecule has 1 N–H and O–H groups in total. The van der Waals surface area contributed by atoms with Crippen LogP contribution in [0.5, 0.6) is 0 Å². The van der Waals surface area contributed by atoms with Gasteiger partial charge in [0.1, 0.15) is 12.6 Å². The van der Waals surface area contributed by atoms with E-state index in [-0.39, 0.29) is 23.4 Å². The molecule has 0 aliphatic heterocycles. The van der Waals surface area contributed by atoms with Gasteiger partial charge in [0.2, 0.25) is 11.8 Å². The molecule has 3 aromatic carbocycles. The number of rotatable bonds is 12. The molecule has 7 nitrogen and oxygen atoms in total. The van der Waals surface area contributed by atoms with E-state index in [1.54, 1.807) is 43.3 Å². The lowest BCUT2D eigenvalue weighted by Crippen LogP contribution is -2.53. The fourth-order valence-corrected chi connectivity index (χ4v) is 6.47. The second-order valence-electron chi connectivity index (χ2n) is 10.6. The molecule has 10 heteroatoms. The van der Waals surface area contributed by atoms with E-state index in [1.165, 1.54) is 17.0 Å². The van der Waals surface area contributed by atoms with Crippen molar-refractivity contribution in [2.24, 2.45) is 0 Å². The van der Waals surface area contributed by atoms with Gasteiger partial charge in [-0.2, -0.15) is 0 Å². The Balaban J connectivity index is 2.12. The number of nitrogens with zero attached hydrogens (tertiary/aromatic N) is 2. The normalized spacial score (nSPS) is 12.9. The van der Waals surface area contributed by atoms with Gasteiger partial charge in [-0.25, -0.2) is 8.42 Å². The Kier molecular flexibility index (Phi) is 11.5. The zero-order valence-electron chi connectivity index (χ0n) is 24.9. The SMILES string of the molecule is CC[C@H](C(=O)N[C@@H](C)CC)N(Cc1ccc(Cl)cc1Cl)C(=O)CN(c1cc(C)ccc1C)S(=O)(=O)c1ccc(C)cc1. The molecular weight excluding hydrogens is 593 g/mol. The summed E-state index contributed by atoms with van der Waals surface area (Å²) in [5.74, 6) is -0.853. The molecule has 0 aliphatic carbocycles. The topological polar surface area (TPSA) is 86.8 Å². The van der Waals surface area contributed by atoms with Gasteiger partial charge in [0.05, 0.1) is 10.6 Å². The van der Waals surface area contributed by atoms with E-state index in [0.717, 1.165) is 15.4 Å². The van der Waals surface area contributed by atoms with E-state index in [4.69, 9.17) is 23.2 Å². The number of halogens is 2. The highest BCUT2D eigenvalue weighted by molar-refractivity contribution is 7.92. The Morgan fingerprint density at radius 1 is 0.881 bits per heavy atom. The number of hydrogen-bond donors (Lipinski definition) is 1. The molecule has 0 aliphatic rings. The van der Waals surface area contributed by atoms with Gasteiger partial charge in [-0.1, -0.05) is 72.9 Å². The van der Waals surface area contributed by atoms with Crippen molar-refractivity contribution in [2.45, 2.75) is 77.9 Å². The fourth-order valence-electron chi connectivity index (χ4n) is 4.53. The number of carbonyl (C=O) groups excluding carboxylic acids is 2. The Morgan fingerprint density at radius 3 is 2.12 bits per heavy atom. The first kappa shape index (κ1) is 33.4. The van der Waals surface area contributed by atoms with Crippen LogP contribution in [0.2, 0.25) is 10.0 Å². The predicted octanol–water partition coefficient (Wildman–Crippen LogP) is 6.84. The third-order valence-corrected chi connectivity index (χ3v) is 9.62. The summed E-state index contributed by atoms with van der Waals surface area (Å²) in [5, 5.41) is 3.75. The fraction of sp³-hybridized carbons (Fsp3) is 0.375. The zero-order valence-corrected chi connectivity index (χ0v) is 27.3. The van der Waals surface area contributed by atoms with E-state index < -0.39 is 28.5 Å². The van der Waals surface area contributed by atoms with Crippen LogP contribution in [-0.2, 0) is 26.2 Å². The average molecular weight is 633 g/mol. The van der Waals surface area contributed by atoms with Crippen LogP contribution in [-0.4, -0.2) is 43.8 Å². The van der Waals surface area contributed by atoms with Crippen LogP contribution in [0.1, 0.15) is 55.9 Å². The van der Waals surface area contributed by atoms with Crippen LogP contribution in [0.3, 0.4) is 0 Å². The maximum atomic E-state index is 14.3. The van der Waals surface area contributed by atoms with E-state index >= 15 is 0 Å². The standard InChI is InChI=1S/C32H39Cl2N3O4S/c1-7-24(6)35-32(39)29(8-2)36(19-25-13-14-26(33)18-28(25)34)31(38)20-37(30-17-22(4)9-12-23(30)5)42(40,41)27-15-10-21(3)11-16-27/h9-18,24,29H,7-8,19-20H2,1-6H3,(H,35,39)/t24-,29+/m0/s1. The summed E-state index contributed by atoms with van der Waals surface area (Å²) in [6.07, 6.45) is 1.03. The summed E-state index contributed by atoms with van der Waals surface area (Å²) in [4.78, 5) is 29.2. The van der Waals surface area contributed by atoms with Gasteiger partial charge in [-0.15, -0.1) is 0 Å². The Bertz CT molecular complexity index is 1530. The van der Waals surface area contributed by atoms with Crippen molar-refractivity contribution in [1.29, 1.82) is 0 Å². The van der Waals surface area contributed by atoms with Crippen LogP contribution in [0.25, 0.3) is 0 Å². The first-order valence-corrected chi connectivity index (χ1v) is 16.2. The Morgan fingerprint density at radius 2 is 1.52 bits per heavy atom. The second kappa shape index (κ2) is 14.4. The summed E-state index contributed by atoms with van der Waals surface area (Å²) >= 11 is 12.6. The summed E-state index contributed by atoms with van der Waals surface area (Å²) in [6, 6.07) is 16.0. The molecule has 2 atom stereocenters. The van der Waals surface area contributed by atoms with Crippen LogP contribution >= 0.6 is 23.2 Å². The number of nitrogens with one attached hydrogen (secondary N) is 1. The van der Waals surface area contributed by atoms with Gasteiger partial charge in [0, 0.05) is 22.6 Å². The summed E-state index contributed by atoms with van der Waals surface area (Å²) < 4.78 is 29.4. The smallest absolute Gasteiger partial charge is 0.264 e. The van der Waals surface area contributed by atoms with Crippen LogP contribution in [0, 0.1) is 20.8 Å². The summed E-state index contributed by atoms with van der Waals surface area (Å²) in [5.41, 5.74) is 3.43. The molecule has 0 aromatic heterocycles. The van der Waals surface area contributed by atoms with Crippen LogP contribution in [0.15, 0.2) is 65.6 Å². The lowest BCUT2D eigenvalue weighted by atomic mass is 10.1. The second-order valence-corrected chi connectivity index (χ2v) is 13.3. The summed E-state index contributed by atoms with van der Waals surface area (Å²) in [6.45, 7) is 10.7. The van der Waals surface area contributed by atoms with E-state index in [9.17, 15) is 18.0 Å². The molecule has 3 aromatic rings. The number of benzene rings is 3. The molecule has 0 saturated carbocycles. The molecule has 3 rings (SSSR count). The van der Waals surface area contributed by atoms with E-state index in [2.05, 4.69) is 5.32 Å². The molecule has 0 fully saturated rings. The molecule has 0 spiro atoms. The first-order valence-electron chi connectivity index (χ1n) is 14.0. The number of amides is 2. The predicted molar refractivity (Wildman–Crippen MR) is 171 cm³/mol. The number of carbonyl (C=O) groups is 2. The monoisotopic (exact) mass is 631 g/mol. The van der Waals surface area contributed by atoms with E-state index in [0.29, 0.717) is 39.7 Å². The lowest BCUT2D eigenvalue weighted by molar-refractivity contribution is -0.140. The Hall–Kier alpha value is -3.07. The molecule has 0 radical (unpaired) electrons. The molecule has 0 bridgehead atoms. The van der Waals surface area contributed by atoms with Gasteiger partial charge in [-0.3, -0.25) is 13.9 Å². The van der Waals surface area contributed by atoms with Crippen LogP contribution in [0.4, 0.5) is 5.69 Å². The summed E-state index contributed by atoms with van der Waals surface area (Å²) in [7, 11) is -4.16. The molecule has 0 unspecified atom stereocenters. The van der Waals surface area contributed by atoms with Gasteiger partial charge in [-0.05, 0) is 87.6 Å². The van der Waals surface area contributed by atoms with Crippen molar-refractivity contribution < 1.29 is 18.0 Å². The number of sulfonamides is 1. The number of anilines is 1. The third kappa shape index (κ3) is 8.06. The van der Waals surface area contributed by atoms with Gasteiger partial charge in [0.15, 0.2) is 0 Å². The van der Waals surface area contributed by atoms with Crippen molar-refractivity contribution in [2.75, 3.05) is 10.8 Å². The van der Waals surface area contributed by atoms with Crippen molar-refractivity contribution in [1.82, 2.24) is 10.2 Å². The average Bonchev–Trinajstić information content (AvgIpc) is 2.94. The minimum atomic E-state index is -4.16. The molecule has 2 amide bonds. The highest BCUT2D eigenvalue weighted by Crippen LogP contribution is 2.29. The van der Waals surface area contributed by atoms with E-state index in [1.807, 2.05) is 46.8 Å². The molecule has 226 valence electrons. The minimum Gasteiger partial charge on any atom is -0.352 e. The minimum absolute atomic E-state index is 0.00745. The zero-order chi connectivity index (χ0) is 31.2. The maximum absolute atomic E-state index is 14.3. The van der Waals surface area contributed by atoms with Crippen molar-refractivity contribution in [3.05, 3.63) is 93.0 Å². The number of hydrogen-bond acceptors (Lipinski definition) is 4. The molecule has 0 saturated heterocycles. The maximum Gasteiger partial charge on any atom is 0.264 e. The van der Waals surface area contributed by atoms with Gasteiger partial charge >= 0.3 is 0 Å².